The molecule has 0 spiro atoms. The molecule has 0 atom stereocenters. The van der Waals surface area contributed by atoms with Crippen LogP contribution in [0.4, 0.5) is 0 Å². The van der Waals surface area contributed by atoms with Crippen LogP contribution in [0.15, 0.2) is 6.07 Å². The summed E-state index contributed by atoms with van der Waals surface area (Å²) in [5.41, 5.74) is 0.894. The predicted molar refractivity (Wildman–Crippen MR) is 78.1 cm³/mol. The summed E-state index contributed by atoms with van der Waals surface area (Å²) < 4.78 is 1.67. The Kier molecular flexibility index (Phi) is 3.94. The highest BCUT2D eigenvalue weighted by Gasteiger charge is 2.32. The minimum Gasteiger partial charge on any atom is -0.351 e. The lowest BCUT2D eigenvalue weighted by atomic mass is 10.2. The highest BCUT2D eigenvalue weighted by Crippen LogP contribution is 2.30. The maximum absolute atomic E-state index is 12.4. The van der Waals surface area contributed by atoms with Crippen LogP contribution in [0.5, 0.6) is 0 Å². The van der Waals surface area contributed by atoms with E-state index >= 15 is 0 Å². The van der Waals surface area contributed by atoms with E-state index in [1.54, 1.807) is 10.7 Å². The summed E-state index contributed by atoms with van der Waals surface area (Å²) in [5, 5.41) is 7.10. The van der Waals surface area contributed by atoms with E-state index < -0.39 is 0 Å². The Bertz CT molecular complexity index is 548. The Balaban J connectivity index is 1.67. The van der Waals surface area contributed by atoms with Gasteiger partial charge in [0.2, 0.25) is 0 Å². The van der Waals surface area contributed by atoms with Gasteiger partial charge >= 0.3 is 0 Å². The second kappa shape index (κ2) is 5.87. The third kappa shape index (κ3) is 3.09. The Morgan fingerprint density at radius 1 is 1.43 bits per heavy atom. The van der Waals surface area contributed by atoms with Crippen LogP contribution in [0.1, 0.15) is 53.6 Å². The zero-order valence-electron chi connectivity index (χ0n) is 12.5. The van der Waals surface area contributed by atoms with E-state index in [2.05, 4.69) is 17.3 Å². The van der Waals surface area contributed by atoms with E-state index in [0.29, 0.717) is 36.9 Å². The van der Waals surface area contributed by atoms with Gasteiger partial charge in [-0.2, -0.15) is 5.10 Å². The summed E-state index contributed by atoms with van der Waals surface area (Å²) in [6, 6.07) is 1.63. The number of fused-ring (bicyclic) bond motifs is 1. The number of unbranched alkanes of at least 4 members (excludes halogenated alkanes) is 1. The second-order valence-corrected chi connectivity index (χ2v) is 5.94. The number of hydrogen-bond acceptors (Lipinski definition) is 3. The first-order valence-electron chi connectivity index (χ1n) is 7.84. The fourth-order valence-electron chi connectivity index (χ4n) is 2.60. The van der Waals surface area contributed by atoms with Crippen molar-refractivity contribution in [2.24, 2.45) is 5.92 Å². The molecule has 3 rings (SSSR count). The summed E-state index contributed by atoms with van der Waals surface area (Å²) in [6.07, 6.45) is 4.45. The van der Waals surface area contributed by atoms with Gasteiger partial charge in [0.1, 0.15) is 5.69 Å². The minimum absolute atomic E-state index is 0.00765. The van der Waals surface area contributed by atoms with Crippen LogP contribution in [0, 0.1) is 5.92 Å². The molecule has 1 aromatic heterocycles. The minimum atomic E-state index is -0.188. The fourth-order valence-corrected chi connectivity index (χ4v) is 2.60. The van der Waals surface area contributed by atoms with Crippen LogP contribution in [0.3, 0.4) is 0 Å². The monoisotopic (exact) mass is 290 g/mol. The molecule has 1 aliphatic carbocycles. The first-order chi connectivity index (χ1) is 10.2. The van der Waals surface area contributed by atoms with Crippen LogP contribution >= 0.6 is 0 Å². The largest absolute Gasteiger partial charge is 0.351 e. The molecule has 1 aromatic rings. The summed E-state index contributed by atoms with van der Waals surface area (Å²) in [5.74, 6) is 0.500. The number of nitrogens with zero attached hydrogens (tertiary/aromatic N) is 3. The van der Waals surface area contributed by atoms with Gasteiger partial charge in [0, 0.05) is 25.7 Å². The summed E-state index contributed by atoms with van der Waals surface area (Å²) >= 11 is 0. The van der Waals surface area contributed by atoms with Crippen molar-refractivity contribution in [1.82, 2.24) is 20.0 Å². The molecule has 1 N–H and O–H groups in total. The average molecular weight is 290 g/mol. The standard InChI is InChI=1S/C15H22N4O2/c1-2-3-6-16-14(20)12-9-13-15(21)18(10-11-4-5-11)7-8-19(13)17-12/h9,11H,2-8,10H2,1H3,(H,16,20). The SMILES string of the molecule is CCCCNC(=O)c1cc2n(n1)CCN(CC1CC1)C2=O. The Hall–Kier alpha value is -1.85. The average Bonchev–Trinajstić information content (AvgIpc) is 3.18. The van der Waals surface area contributed by atoms with Gasteiger partial charge in [0.05, 0.1) is 6.54 Å². The molecular formula is C15H22N4O2. The van der Waals surface area contributed by atoms with Gasteiger partial charge < -0.3 is 10.2 Å². The second-order valence-electron chi connectivity index (χ2n) is 5.94. The van der Waals surface area contributed by atoms with E-state index in [4.69, 9.17) is 0 Å². The number of nitrogens with one attached hydrogen (secondary N) is 1. The molecule has 0 saturated heterocycles. The molecule has 1 fully saturated rings. The van der Waals surface area contributed by atoms with Crippen molar-refractivity contribution in [3.8, 4) is 0 Å². The smallest absolute Gasteiger partial charge is 0.272 e. The van der Waals surface area contributed by atoms with Crippen LogP contribution in [-0.4, -0.2) is 46.1 Å². The van der Waals surface area contributed by atoms with E-state index in [1.165, 1.54) is 12.8 Å². The molecule has 2 heterocycles. The number of carbonyl (C=O) groups excluding carboxylic acids is 2. The Morgan fingerprint density at radius 2 is 2.24 bits per heavy atom. The number of hydrogen-bond donors (Lipinski definition) is 1. The summed E-state index contributed by atoms with van der Waals surface area (Å²) in [6.45, 7) is 4.95. The molecule has 1 saturated carbocycles. The van der Waals surface area contributed by atoms with Gasteiger partial charge in [0.25, 0.3) is 11.8 Å². The van der Waals surface area contributed by atoms with Gasteiger partial charge in [-0.25, -0.2) is 0 Å². The van der Waals surface area contributed by atoms with Crippen LogP contribution in [0.25, 0.3) is 0 Å². The van der Waals surface area contributed by atoms with Gasteiger partial charge in [0.15, 0.2) is 5.69 Å². The van der Waals surface area contributed by atoms with Crippen LogP contribution < -0.4 is 5.32 Å². The van der Waals surface area contributed by atoms with Gasteiger partial charge in [-0.3, -0.25) is 14.3 Å². The van der Waals surface area contributed by atoms with Crippen LogP contribution in [-0.2, 0) is 6.54 Å². The molecule has 2 amide bonds. The summed E-state index contributed by atoms with van der Waals surface area (Å²) in [4.78, 5) is 26.3. The van der Waals surface area contributed by atoms with Crippen molar-refractivity contribution in [2.45, 2.75) is 39.2 Å². The third-order valence-corrected chi connectivity index (χ3v) is 4.09. The molecule has 2 aliphatic rings. The third-order valence-electron chi connectivity index (χ3n) is 4.09. The van der Waals surface area contributed by atoms with Crippen molar-refractivity contribution in [3.63, 3.8) is 0 Å². The van der Waals surface area contributed by atoms with E-state index in [-0.39, 0.29) is 11.8 Å². The topological polar surface area (TPSA) is 67.2 Å². The van der Waals surface area contributed by atoms with Crippen molar-refractivity contribution in [2.75, 3.05) is 19.6 Å². The lowest BCUT2D eigenvalue weighted by Gasteiger charge is -2.27. The van der Waals surface area contributed by atoms with Crippen molar-refractivity contribution in [3.05, 3.63) is 17.5 Å². The molecule has 0 unspecified atom stereocenters. The molecule has 0 radical (unpaired) electrons. The van der Waals surface area contributed by atoms with Crippen LogP contribution in [0.2, 0.25) is 0 Å². The Morgan fingerprint density at radius 3 is 2.95 bits per heavy atom. The van der Waals surface area contributed by atoms with Crippen molar-refractivity contribution >= 4 is 11.8 Å². The molecule has 0 aromatic carbocycles. The molecular weight excluding hydrogens is 268 g/mol. The number of rotatable bonds is 6. The maximum atomic E-state index is 12.4. The van der Waals surface area contributed by atoms with Crippen molar-refractivity contribution in [1.29, 1.82) is 0 Å². The lowest BCUT2D eigenvalue weighted by Crippen LogP contribution is -2.41. The normalized spacial score (nSPS) is 17.8. The molecule has 114 valence electrons. The zero-order valence-corrected chi connectivity index (χ0v) is 12.5. The summed E-state index contributed by atoms with van der Waals surface area (Å²) in [7, 11) is 0. The highest BCUT2D eigenvalue weighted by atomic mass is 16.2. The fraction of sp³-hybridized carbons (Fsp3) is 0.667. The predicted octanol–water partition coefficient (Wildman–Crippen LogP) is 1.28. The van der Waals surface area contributed by atoms with Crippen molar-refractivity contribution < 1.29 is 9.59 Å². The number of aromatic nitrogens is 2. The first-order valence-corrected chi connectivity index (χ1v) is 7.84. The molecule has 1 aliphatic heterocycles. The molecule has 21 heavy (non-hydrogen) atoms. The molecule has 6 nitrogen and oxygen atoms in total. The van der Waals surface area contributed by atoms with E-state index in [9.17, 15) is 9.59 Å². The Labute approximate surface area is 124 Å². The number of carbonyl (C=O) groups is 2. The van der Waals surface area contributed by atoms with Gasteiger partial charge in [-0.15, -0.1) is 0 Å². The van der Waals surface area contributed by atoms with Gasteiger partial charge in [-0.05, 0) is 25.2 Å². The highest BCUT2D eigenvalue weighted by molar-refractivity contribution is 5.98. The molecule has 6 heteroatoms. The lowest BCUT2D eigenvalue weighted by molar-refractivity contribution is 0.0688. The number of amides is 2. The quantitative estimate of drug-likeness (QED) is 0.803. The van der Waals surface area contributed by atoms with Gasteiger partial charge in [-0.1, -0.05) is 13.3 Å². The molecule has 0 bridgehead atoms. The zero-order chi connectivity index (χ0) is 14.8. The first kappa shape index (κ1) is 14.1. The van der Waals surface area contributed by atoms with E-state index in [1.807, 2.05) is 4.90 Å². The van der Waals surface area contributed by atoms with E-state index in [0.717, 1.165) is 19.4 Å². The maximum Gasteiger partial charge on any atom is 0.272 e.